The van der Waals surface area contributed by atoms with Gasteiger partial charge in [-0.15, -0.1) is 0 Å². The largest absolute Gasteiger partial charge is 0.396 e. The number of benzene rings is 1. The molecule has 1 aromatic rings. The van der Waals surface area contributed by atoms with Crippen molar-refractivity contribution in [1.29, 1.82) is 0 Å². The number of guanidine groups is 1. The number of aliphatic imine (C=N–C) groups is 1. The fourth-order valence-corrected chi connectivity index (χ4v) is 3.18. The molecule has 23 heavy (non-hydrogen) atoms. The van der Waals surface area contributed by atoms with E-state index in [9.17, 15) is 5.11 Å². The molecule has 0 saturated carbocycles. The molecule has 3 N–H and O–H groups in total. The monoisotopic (exact) mass is 383 g/mol. The van der Waals surface area contributed by atoms with Crippen molar-refractivity contribution in [1.82, 2.24) is 10.6 Å². The Balaban J connectivity index is 1.96. The van der Waals surface area contributed by atoms with Crippen molar-refractivity contribution in [3.05, 3.63) is 34.3 Å². The van der Waals surface area contributed by atoms with E-state index in [4.69, 9.17) is 4.74 Å². The van der Waals surface area contributed by atoms with Crippen molar-refractivity contribution in [3.8, 4) is 0 Å². The van der Waals surface area contributed by atoms with Crippen LogP contribution in [0, 0.1) is 5.41 Å². The highest BCUT2D eigenvalue weighted by Crippen LogP contribution is 2.31. The molecular weight excluding hydrogens is 358 g/mol. The summed E-state index contributed by atoms with van der Waals surface area (Å²) in [5.74, 6) is 0.802. The van der Waals surface area contributed by atoms with Gasteiger partial charge in [0.05, 0.1) is 13.2 Å². The summed E-state index contributed by atoms with van der Waals surface area (Å²) in [5.41, 5.74) is 1.17. The highest BCUT2D eigenvalue weighted by Gasteiger charge is 2.34. The standard InChI is InChI=1S/C17H26BrN3O2/c1-2-19-16(20-11-14-4-3-5-15(18)10-14)21-12-17(6-8-22)7-9-23-13-17/h3-5,10,22H,2,6-9,11-13H2,1H3,(H2,19,20,21). The van der Waals surface area contributed by atoms with E-state index in [2.05, 4.69) is 50.6 Å². The van der Waals surface area contributed by atoms with E-state index < -0.39 is 0 Å². The van der Waals surface area contributed by atoms with Gasteiger partial charge in [0.1, 0.15) is 0 Å². The molecule has 0 amide bonds. The third-order valence-corrected chi connectivity index (χ3v) is 4.60. The quantitative estimate of drug-likeness (QED) is 0.499. The van der Waals surface area contributed by atoms with E-state index in [0.717, 1.165) is 48.5 Å². The average molecular weight is 384 g/mol. The summed E-state index contributed by atoms with van der Waals surface area (Å²) < 4.78 is 6.59. The first-order valence-electron chi connectivity index (χ1n) is 8.13. The lowest BCUT2D eigenvalue weighted by atomic mass is 9.84. The van der Waals surface area contributed by atoms with Crippen LogP contribution in [0.3, 0.4) is 0 Å². The molecule has 0 spiro atoms. The highest BCUT2D eigenvalue weighted by atomic mass is 79.9. The minimum absolute atomic E-state index is 0.0146. The van der Waals surface area contributed by atoms with Gasteiger partial charge >= 0.3 is 0 Å². The number of ether oxygens (including phenoxy) is 1. The molecule has 1 aliphatic rings. The summed E-state index contributed by atoms with van der Waals surface area (Å²) in [7, 11) is 0. The Morgan fingerprint density at radius 2 is 2.30 bits per heavy atom. The molecule has 0 radical (unpaired) electrons. The Morgan fingerprint density at radius 1 is 1.43 bits per heavy atom. The predicted octanol–water partition coefficient (Wildman–Crippen LogP) is 2.29. The van der Waals surface area contributed by atoms with E-state index in [-0.39, 0.29) is 12.0 Å². The smallest absolute Gasteiger partial charge is 0.191 e. The summed E-state index contributed by atoms with van der Waals surface area (Å²) >= 11 is 3.48. The zero-order valence-electron chi connectivity index (χ0n) is 13.6. The first-order valence-corrected chi connectivity index (χ1v) is 8.92. The molecule has 2 rings (SSSR count). The number of nitrogens with zero attached hydrogens (tertiary/aromatic N) is 1. The molecule has 128 valence electrons. The van der Waals surface area contributed by atoms with Crippen molar-refractivity contribution in [2.75, 3.05) is 32.9 Å². The zero-order chi connectivity index (χ0) is 16.5. The van der Waals surface area contributed by atoms with Gasteiger partial charge in [0.15, 0.2) is 5.96 Å². The number of nitrogens with one attached hydrogen (secondary N) is 2. The van der Waals surface area contributed by atoms with Crippen LogP contribution < -0.4 is 10.6 Å². The van der Waals surface area contributed by atoms with E-state index >= 15 is 0 Å². The van der Waals surface area contributed by atoms with E-state index in [1.807, 2.05) is 12.1 Å². The van der Waals surface area contributed by atoms with Crippen LogP contribution >= 0.6 is 15.9 Å². The first-order chi connectivity index (χ1) is 11.2. The van der Waals surface area contributed by atoms with Crippen molar-refractivity contribution >= 4 is 21.9 Å². The molecule has 0 bridgehead atoms. The fourth-order valence-electron chi connectivity index (χ4n) is 2.73. The van der Waals surface area contributed by atoms with Gasteiger partial charge in [-0.1, -0.05) is 28.1 Å². The number of halogens is 1. The van der Waals surface area contributed by atoms with Gasteiger partial charge in [0.2, 0.25) is 0 Å². The van der Waals surface area contributed by atoms with Gasteiger partial charge in [-0.3, -0.25) is 0 Å². The highest BCUT2D eigenvalue weighted by molar-refractivity contribution is 9.10. The van der Waals surface area contributed by atoms with Crippen molar-refractivity contribution in [3.63, 3.8) is 0 Å². The van der Waals surface area contributed by atoms with Crippen molar-refractivity contribution < 1.29 is 9.84 Å². The summed E-state index contributed by atoms with van der Waals surface area (Å²) in [5, 5.41) is 16.0. The minimum atomic E-state index is 0.0146. The van der Waals surface area contributed by atoms with Crippen LogP contribution in [0.1, 0.15) is 25.3 Å². The fraction of sp³-hybridized carbons (Fsp3) is 0.588. The SMILES string of the molecule is CCNC(=NCc1cccc(Br)c1)NCC1(CCO)CCOC1. The molecule has 1 fully saturated rings. The lowest BCUT2D eigenvalue weighted by Crippen LogP contribution is -2.44. The van der Waals surface area contributed by atoms with Gasteiger partial charge in [0.25, 0.3) is 0 Å². The van der Waals surface area contributed by atoms with Gasteiger partial charge in [0, 0.05) is 36.2 Å². The van der Waals surface area contributed by atoms with Gasteiger partial charge < -0.3 is 20.5 Å². The van der Waals surface area contributed by atoms with Crippen LogP contribution in [-0.4, -0.2) is 44.0 Å². The maximum Gasteiger partial charge on any atom is 0.191 e. The molecule has 1 saturated heterocycles. The number of aliphatic hydroxyl groups is 1. The number of hydrogen-bond acceptors (Lipinski definition) is 3. The lowest BCUT2D eigenvalue weighted by Gasteiger charge is -2.27. The second-order valence-electron chi connectivity index (χ2n) is 5.95. The molecule has 1 aliphatic heterocycles. The van der Waals surface area contributed by atoms with E-state index in [1.54, 1.807) is 0 Å². The maximum atomic E-state index is 9.30. The molecule has 1 aromatic carbocycles. The van der Waals surface area contributed by atoms with Crippen LogP contribution in [0.2, 0.25) is 0 Å². The van der Waals surface area contributed by atoms with Gasteiger partial charge in [-0.2, -0.15) is 0 Å². The normalized spacial score (nSPS) is 21.4. The molecule has 1 atom stereocenters. The van der Waals surface area contributed by atoms with Crippen LogP contribution in [0.4, 0.5) is 0 Å². The van der Waals surface area contributed by atoms with Gasteiger partial charge in [-0.25, -0.2) is 4.99 Å². The average Bonchev–Trinajstić information content (AvgIpc) is 2.99. The zero-order valence-corrected chi connectivity index (χ0v) is 15.2. The van der Waals surface area contributed by atoms with E-state index in [0.29, 0.717) is 13.2 Å². The maximum absolute atomic E-state index is 9.30. The summed E-state index contributed by atoms with van der Waals surface area (Å²) in [4.78, 5) is 4.65. The Kier molecular flexibility index (Phi) is 7.33. The minimum Gasteiger partial charge on any atom is -0.396 e. The number of hydrogen-bond donors (Lipinski definition) is 3. The number of aliphatic hydroxyl groups excluding tert-OH is 1. The van der Waals surface area contributed by atoms with Crippen molar-refractivity contribution in [2.24, 2.45) is 10.4 Å². The van der Waals surface area contributed by atoms with Crippen LogP contribution in [0.15, 0.2) is 33.7 Å². The van der Waals surface area contributed by atoms with Crippen molar-refractivity contribution in [2.45, 2.75) is 26.3 Å². The predicted molar refractivity (Wildman–Crippen MR) is 96.5 cm³/mol. The second-order valence-corrected chi connectivity index (χ2v) is 6.87. The molecule has 6 heteroatoms. The first kappa shape index (κ1) is 18.2. The van der Waals surface area contributed by atoms with E-state index in [1.165, 1.54) is 0 Å². The number of rotatable bonds is 7. The third kappa shape index (κ3) is 5.79. The molecule has 5 nitrogen and oxygen atoms in total. The molecule has 0 aromatic heterocycles. The van der Waals surface area contributed by atoms with Crippen LogP contribution in [-0.2, 0) is 11.3 Å². The second kappa shape index (κ2) is 9.25. The Bertz CT molecular complexity index is 516. The Hall–Kier alpha value is -1.11. The summed E-state index contributed by atoms with van der Waals surface area (Å²) in [6, 6.07) is 8.16. The molecule has 0 aliphatic carbocycles. The third-order valence-electron chi connectivity index (χ3n) is 4.11. The molecule has 1 heterocycles. The summed E-state index contributed by atoms with van der Waals surface area (Å²) in [6.07, 6.45) is 1.73. The topological polar surface area (TPSA) is 65.9 Å². The Labute approximate surface area is 146 Å². The molecule has 1 unspecified atom stereocenters. The molecular formula is C17H26BrN3O2. The summed E-state index contributed by atoms with van der Waals surface area (Å²) in [6.45, 7) is 5.91. The Morgan fingerprint density at radius 3 is 2.96 bits per heavy atom. The van der Waals surface area contributed by atoms with Gasteiger partial charge in [-0.05, 0) is 37.5 Å². The van der Waals surface area contributed by atoms with Crippen LogP contribution in [0.25, 0.3) is 0 Å². The van der Waals surface area contributed by atoms with Crippen LogP contribution in [0.5, 0.6) is 0 Å². The lowest BCUT2D eigenvalue weighted by molar-refractivity contribution is 0.127.